The second kappa shape index (κ2) is 4.61. The fourth-order valence-electron chi connectivity index (χ4n) is 2.25. The van der Waals surface area contributed by atoms with Crippen molar-refractivity contribution in [3.8, 4) is 0 Å². The fourth-order valence-corrected chi connectivity index (χ4v) is 2.25. The molecule has 1 aromatic heterocycles. The quantitative estimate of drug-likeness (QED) is 0.736. The summed E-state index contributed by atoms with van der Waals surface area (Å²) in [6.07, 6.45) is 0. The number of benzene rings is 2. The summed E-state index contributed by atoms with van der Waals surface area (Å²) in [5, 5.41) is 1.10. The Morgan fingerprint density at radius 2 is 1.68 bits per heavy atom. The Morgan fingerprint density at radius 3 is 2.37 bits per heavy atom. The Morgan fingerprint density at radius 1 is 1.00 bits per heavy atom. The zero-order chi connectivity index (χ0) is 13.2. The highest BCUT2D eigenvalue weighted by molar-refractivity contribution is 6.00. The third-order valence-corrected chi connectivity index (χ3v) is 3.09. The molecule has 0 aliphatic rings. The first kappa shape index (κ1) is 11.5. The van der Waals surface area contributed by atoms with Crippen LogP contribution in [-0.4, -0.2) is 10.9 Å². The second-order valence-electron chi connectivity index (χ2n) is 4.43. The van der Waals surface area contributed by atoms with Gasteiger partial charge in [-0.05, 0) is 24.3 Å². The second-order valence-corrected chi connectivity index (χ2v) is 4.43. The molecule has 1 amide bonds. The minimum Gasteiger partial charge on any atom is -0.341 e. The molecule has 0 atom stereocenters. The number of hydrogen-bond donors (Lipinski definition) is 1. The van der Waals surface area contributed by atoms with Gasteiger partial charge in [-0.2, -0.15) is 0 Å². The number of nitrogens with zero attached hydrogens (tertiary/aromatic N) is 1. The van der Waals surface area contributed by atoms with Crippen molar-refractivity contribution in [2.24, 2.45) is 0 Å². The highest BCUT2D eigenvalue weighted by Crippen LogP contribution is 2.28. The third-order valence-electron chi connectivity index (χ3n) is 3.09. The smallest absolute Gasteiger partial charge is 0.229 e. The van der Waals surface area contributed by atoms with E-state index in [4.69, 9.17) is 0 Å². The Bertz CT molecular complexity index is 683. The molecule has 0 aliphatic heterocycles. The number of carbonyl (C=O) groups is 1. The van der Waals surface area contributed by atoms with Crippen molar-refractivity contribution in [2.75, 3.05) is 4.90 Å². The summed E-state index contributed by atoms with van der Waals surface area (Å²) in [7, 11) is 0. The van der Waals surface area contributed by atoms with Crippen LogP contribution in [0.4, 0.5) is 11.5 Å². The molecule has 2 aromatic carbocycles. The van der Waals surface area contributed by atoms with Crippen LogP contribution in [0.2, 0.25) is 0 Å². The number of aromatic amines is 1. The first-order chi connectivity index (χ1) is 9.25. The van der Waals surface area contributed by atoms with Gasteiger partial charge in [0, 0.05) is 17.8 Å². The van der Waals surface area contributed by atoms with Crippen molar-refractivity contribution in [2.45, 2.75) is 6.92 Å². The molecule has 0 unspecified atom stereocenters. The number of aromatic nitrogens is 1. The largest absolute Gasteiger partial charge is 0.341 e. The van der Waals surface area contributed by atoms with E-state index >= 15 is 0 Å². The molecule has 0 saturated heterocycles. The molecule has 0 saturated carbocycles. The molecule has 0 radical (unpaired) electrons. The Hall–Kier alpha value is -2.55. The van der Waals surface area contributed by atoms with Crippen molar-refractivity contribution in [3.63, 3.8) is 0 Å². The molecule has 3 rings (SSSR count). The minimum absolute atomic E-state index is 0.0160. The van der Waals surface area contributed by atoms with Crippen molar-refractivity contribution >= 4 is 28.3 Å². The van der Waals surface area contributed by atoms with E-state index in [1.165, 1.54) is 0 Å². The topological polar surface area (TPSA) is 36.1 Å². The molecule has 1 N–H and O–H groups in total. The summed E-state index contributed by atoms with van der Waals surface area (Å²) in [5.41, 5.74) is 1.89. The van der Waals surface area contributed by atoms with Crippen LogP contribution in [0.1, 0.15) is 6.92 Å². The van der Waals surface area contributed by atoms with Crippen LogP contribution < -0.4 is 4.90 Å². The van der Waals surface area contributed by atoms with E-state index in [0.717, 1.165) is 22.4 Å². The van der Waals surface area contributed by atoms with Crippen molar-refractivity contribution in [1.82, 2.24) is 4.98 Å². The van der Waals surface area contributed by atoms with Crippen LogP contribution in [0.25, 0.3) is 10.9 Å². The Labute approximate surface area is 111 Å². The van der Waals surface area contributed by atoms with E-state index in [9.17, 15) is 4.79 Å². The first-order valence-corrected chi connectivity index (χ1v) is 6.19. The summed E-state index contributed by atoms with van der Waals surface area (Å²) in [5.74, 6) is 0.776. The van der Waals surface area contributed by atoms with E-state index < -0.39 is 0 Å². The Kier molecular flexibility index (Phi) is 2.80. The molecule has 0 fully saturated rings. The molecule has 3 heteroatoms. The number of H-pyrrole nitrogens is 1. The molecular weight excluding hydrogens is 236 g/mol. The molecular formula is C16H14N2O. The number of rotatable bonds is 2. The van der Waals surface area contributed by atoms with Crippen molar-refractivity contribution in [3.05, 3.63) is 60.7 Å². The normalized spacial score (nSPS) is 10.6. The summed E-state index contributed by atoms with van der Waals surface area (Å²) < 4.78 is 0. The number of para-hydroxylation sites is 2. The molecule has 3 nitrogen and oxygen atoms in total. The lowest BCUT2D eigenvalue weighted by Gasteiger charge is -2.19. The van der Waals surface area contributed by atoms with Gasteiger partial charge in [0.1, 0.15) is 5.82 Å². The van der Waals surface area contributed by atoms with Crippen molar-refractivity contribution < 1.29 is 4.79 Å². The maximum atomic E-state index is 11.9. The molecule has 0 aliphatic carbocycles. The lowest BCUT2D eigenvalue weighted by molar-refractivity contribution is -0.115. The highest BCUT2D eigenvalue weighted by atomic mass is 16.2. The van der Waals surface area contributed by atoms with E-state index in [2.05, 4.69) is 4.98 Å². The van der Waals surface area contributed by atoms with Crippen LogP contribution in [0.3, 0.4) is 0 Å². The zero-order valence-corrected chi connectivity index (χ0v) is 10.6. The van der Waals surface area contributed by atoms with Crippen LogP contribution in [0, 0.1) is 0 Å². The van der Waals surface area contributed by atoms with E-state index in [1.807, 2.05) is 60.7 Å². The molecule has 1 heterocycles. The van der Waals surface area contributed by atoms with Gasteiger partial charge in [0.15, 0.2) is 0 Å². The summed E-state index contributed by atoms with van der Waals surface area (Å²) in [6, 6.07) is 19.6. The van der Waals surface area contributed by atoms with Gasteiger partial charge < -0.3 is 4.98 Å². The SMILES string of the molecule is CC(=O)N(c1ccccc1)c1cc2ccccc2[nH]1. The van der Waals surface area contributed by atoms with Crippen LogP contribution in [0.15, 0.2) is 60.7 Å². The van der Waals surface area contributed by atoms with Gasteiger partial charge in [-0.15, -0.1) is 0 Å². The average molecular weight is 250 g/mol. The van der Waals surface area contributed by atoms with Crippen LogP contribution in [0.5, 0.6) is 0 Å². The molecule has 94 valence electrons. The molecule has 3 aromatic rings. The highest BCUT2D eigenvalue weighted by Gasteiger charge is 2.15. The van der Waals surface area contributed by atoms with Gasteiger partial charge in [-0.3, -0.25) is 9.69 Å². The Balaban J connectivity index is 2.12. The predicted molar refractivity (Wildman–Crippen MR) is 77.6 cm³/mol. The zero-order valence-electron chi connectivity index (χ0n) is 10.6. The van der Waals surface area contributed by atoms with E-state index in [0.29, 0.717) is 0 Å². The third kappa shape index (κ3) is 2.10. The number of amides is 1. The van der Waals surface area contributed by atoms with Gasteiger partial charge >= 0.3 is 0 Å². The van der Waals surface area contributed by atoms with Gasteiger partial charge in [-0.25, -0.2) is 0 Å². The average Bonchev–Trinajstić information content (AvgIpc) is 2.82. The number of anilines is 2. The molecule has 0 bridgehead atoms. The maximum Gasteiger partial charge on any atom is 0.229 e. The monoisotopic (exact) mass is 250 g/mol. The number of nitrogens with one attached hydrogen (secondary N) is 1. The van der Waals surface area contributed by atoms with Crippen molar-refractivity contribution in [1.29, 1.82) is 0 Å². The lowest BCUT2D eigenvalue weighted by atomic mass is 10.2. The van der Waals surface area contributed by atoms with E-state index in [-0.39, 0.29) is 5.91 Å². The fraction of sp³-hybridized carbons (Fsp3) is 0.0625. The van der Waals surface area contributed by atoms with Gasteiger partial charge in [0.05, 0.1) is 5.69 Å². The molecule has 0 spiro atoms. The van der Waals surface area contributed by atoms with Gasteiger partial charge in [0.25, 0.3) is 0 Å². The maximum absolute atomic E-state index is 11.9. The summed E-state index contributed by atoms with van der Waals surface area (Å²) in [6.45, 7) is 1.57. The molecule has 19 heavy (non-hydrogen) atoms. The predicted octanol–water partition coefficient (Wildman–Crippen LogP) is 3.85. The lowest BCUT2D eigenvalue weighted by Crippen LogP contribution is -2.22. The summed E-state index contributed by atoms with van der Waals surface area (Å²) >= 11 is 0. The van der Waals surface area contributed by atoms with Crippen LogP contribution in [-0.2, 0) is 4.79 Å². The number of fused-ring (bicyclic) bond motifs is 1. The van der Waals surface area contributed by atoms with Gasteiger partial charge in [0.2, 0.25) is 5.91 Å². The van der Waals surface area contributed by atoms with Crippen LogP contribution >= 0.6 is 0 Å². The van der Waals surface area contributed by atoms with E-state index in [1.54, 1.807) is 11.8 Å². The van der Waals surface area contributed by atoms with Gasteiger partial charge in [-0.1, -0.05) is 36.4 Å². The first-order valence-electron chi connectivity index (χ1n) is 6.19. The minimum atomic E-state index is -0.0160. The number of carbonyl (C=O) groups excluding carboxylic acids is 1. The standard InChI is InChI=1S/C16H14N2O/c1-12(19)18(14-8-3-2-4-9-14)16-11-13-7-5-6-10-15(13)17-16/h2-11,17H,1H3. The summed E-state index contributed by atoms with van der Waals surface area (Å²) in [4.78, 5) is 16.9. The number of hydrogen-bond acceptors (Lipinski definition) is 1.